The Morgan fingerprint density at radius 3 is 2.44 bits per heavy atom. The van der Waals surface area contributed by atoms with Crippen molar-refractivity contribution >= 4 is 17.6 Å². The van der Waals surface area contributed by atoms with Gasteiger partial charge in [0.1, 0.15) is 5.82 Å². The maximum Gasteiger partial charge on any atom is 0.246 e. The first-order valence-electron chi connectivity index (χ1n) is 9.68. The minimum absolute atomic E-state index is 0.215. The fourth-order valence-electron chi connectivity index (χ4n) is 4.49. The second-order valence-corrected chi connectivity index (χ2v) is 7.58. The summed E-state index contributed by atoms with van der Waals surface area (Å²) in [6.45, 7) is 2.62. The van der Waals surface area contributed by atoms with Crippen LogP contribution in [-0.4, -0.2) is 48.5 Å². The Balaban J connectivity index is 1.51. The van der Waals surface area contributed by atoms with E-state index in [9.17, 15) is 14.4 Å². The van der Waals surface area contributed by atoms with Crippen LogP contribution in [0.1, 0.15) is 32.1 Å². The minimum atomic E-state index is -0.707. The van der Waals surface area contributed by atoms with Crippen LogP contribution in [0.2, 0.25) is 0 Å². The molecule has 0 unspecified atom stereocenters. The maximum atomic E-state index is 14.0. The number of rotatable bonds is 1. The van der Waals surface area contributed by atoms with Crippen molar-refractivity contribution in [2.24, 2.45) is 10.9 Å². The van der Waals surface area contributed by atoms with Crippen LogP contribution in [-0.2, 0) is 4.79 Å². The molecule has 3 aliphatic rings. The summed E-state index contributed by atoms with van der Waals surface area (Å²) < 4.78 is 14.0. The highest BCUT2D eigenvalue weighted by Gasteiger charge is 2.48. The number of amides is 1. The van der Waals surface area contributed by atoms with E-state index in [4.69, 9.17) is 4.99 Å². The first kappa shape index (κ1) is 17.8. The van der Waals surface area contributed by atoms with Gasteiger partial charge in [-0.15, -0.1) is 0 Å². The van der Waals surface area contributed by atoms with Crippen molar-refractivity contribution in [2.75, 3.05) is 31.1 Å². The average molecular weight is 369 g/mol. The van der Waals surface area contributed by atoms with Crippen LogP contribution in [0.5, 0.6) is 0 Å². The van der Waals surface area contributed by atoms with Gasteiger partial charge in [0.25, 0.3) is 0 Å². The van der Waals surface area contributed by atoms with Crippen molar-refractivity contribution in [3.63, 3.8) is 0 Å². The van der Waals surface area contributed by atoms with Crippen LogP contribution in [0.25, 0.3) is 0 Å². The molecular weight excluding hydrogens is 345 g/mol. The number of hydrogen-bond acceptors (Lipinski definition) is 5. The normalized spacial score (nSPS) is 25.0. The highest BCUT2D eigenvalue weighted by atomic mass is 19.1. The Morgan fingerprint density at radius 2 is 1.78 bits per heavy atom. The lowest BCUT2D eigenvalue weighted by atomic mass is 9.72. The minimum Gasteiger partial charge on any atom is -0.366 e. The molecule has 1 atom stereocenters. The fourth-order valence-corrected chi connectivity index (χ4v) is 4.49. The van der Waals surface area contributed by atoms with Gasteiger partial charge in [-0.05, 0) is 25.0 Å². The predicted molar refractivity (Wildman–Crippen MR) is 101 cm³/mol. The molecule has 2 aliphatic heterocycles. The molecule has 7 heteroatoms. The zero-order valence-electron chi connectivity index (χ0n) is 15.3. The quantitative estimate of drug-likeness (QED) is 0.824. The van der Waals surface area contributed by atoms with Crippen LogP contribution >= 0.6 is 0 Å². The number of halogens is 1. The van der Waals surface area contributed by atoms with Gasteiger partial charge < -0.3 is 9.80 Å². The monoisotopic (exact) mass is 369 g/mol. The summed E-state index contributed by atoms with van der Waals surface area (Å²) in [5, 5.41) is 12.4. The largest absolute Gasteiger partial charge is 0.366 e. The van der Waals surface area contributed by atoms with Crippen LogP contribution in [0.15, 0.2) is 29.3 Å². The lowest BCUT2D eigenvalue weighted by Crippen LogP contribution is -2.60. The SMILES string of the molecule is N#C[C@@H]1C(=O)NC(N2CCN(c3ccccc3F)CC2)=NC12CCCCC2. The number of piperazine rings is 1. The number of guanidine groups is 1. The first-order valence-corrected chi connectivity index (χ1v) is 9.68. The molecule has 1 aromatic carbocycles. The second-order valence-electron chi connectivity index (χ2n) is 7.58. The van der Waals surface area contributed by atoms with Crippen molar-refractivity contribution in [2.45, 2.75) is 37.6 Å². The molecule has 2 fully saturated rings. The number of nitrogens with zero attached hydrogens (tertiary/aromatic N) is 4. The summed E-state index contributed by atoms with van der Waals surface area (Å²) >= 11 is 0. The molecule has 1 saturated carbocycles. The summed E-state index contributed by atoms with van der Waals surface area (Å²) in [7, 11) is 0. The van der Waals surface area contributed by atoms with E-state index in [0.717, 1.165) is 32.1 Å². The number of carbonyl (C=O) groups is 1. The molecule has 142 valence electrons. The van der Waals surface area contributed by atoms with Gasteiger partial charge in [-0.3, -0.25) is 10.1 Å². The highest BCUT2D eigenvalue weighted by Crippen LogP contribution is 2.40. The van der Waals surface area contributed by atoms with E-state index in [0.29, 0.717) is 37.8 Å². The summed E-state index contributed by atoms with van der Waals surface area (Å²) in [6, 6.07) is 8.98. The van der Waals surface area contributed by atoms with Crippen molar-refractivity contribution in [1.82, 2.24) is 10.2 Å². The average Bonchev–Trinajstić information content (AvgIpc) is 2.69. The Labute approximate surface area is 158 Å². The molecule has 1 aromatic rings. The van der Waals surface area contributed by atoms with E-state index in [1.165, 1.54) is 6.07 Å². The molecule has 1 aliphatic carbocycles. The second kappa shape index (κ2) is 7.18. The van der Waals surface area contributed by atoms with Gasteiger partial charge >= 0.3 is 0 Å². The van der Waals surface area contributed by atoms with Crippen LogP contribution < -0.4 is 10.2 Å². The summed E-state index contributed by atoms with van der Waals surface area (Å²) in [5.41, 5.74) is 0.0351. The van der Waals surface area contributed by atoms with E-state index in [1.807, 2.05) is 11.0 Å². The number of carbonyl (C=O) groups excluding carboxylic acids is 1. The van der Waals surface area contributed by atoms with Gasteiger partial charge in [0.15, 0.2) is 5.92 Å². The number of nitriles is 1. The third-order valence-electron chi connectivity index (χ3n) is 5.98. The Bertz CT molecular complexity index is 788. The molecule has 0 bridgehead atoms. The molecule has 27 heavy (non-hydrogen) atoms. The number of benzene rings is 1. The highest BCUT2D eigenvalue weighted by molar-refractivity contribution is 6.02. The molecule has 0 radical (unpaired) electrons. The molecule has 1 N–H and O–H groups in total. The number of nitrogens with one attached hydrogen (secondary N) is 1. The van der Waals surface area contributed by atoms with E-state index < -0.39 is 11.5 Å². The molecule has 1 amide bonds. The zero-order chi connectivity index (χ0) is 18.9. The fraction of sp³-hybridized carbons (Fsp3) is 0.550. The van der Waals surface area contributed by atoms with E-state index in [1.54, 1.807) is 12.1 Å². The predicted octanol–water partition coefficient (Wildman–Crippen LogP) is 2.28. The number of aliphatic imine (C=N–C) groups is 1. The summed E-state index contributed by atoms with van der Waals surface area (Å²) in [4.78, 5) is 21.6. The standard InChI is InChI=1S/C20H24FN5O/c21-16-6-2-3-7-17(16)25-10-12-26(13-11-25)19-23-18(27)15(14-22)20(24-19)8-4-1-5-9-20/h2-3,6-7,15H,1,4-5,8-13H2,(H,23,24,27)/t15-/m1/s1. The lowest BCUT2D eigenvalue weighted by Gasteiger charge is -2.44. The number of hydrogen-bond donors (Lipinski definition) is 1. The number of anilines is 1. The summed E-state index contributed by atoms with van der Waals surface area (Å²) in [6.07, 6.45) is 4.72. The van der Waals surface area contributed by atoms with Crippen molar-refractivity contribution < 1.29 is 9.18 Å². The first-order chi connectivity index (χ1) is 13.1. The van der Waals surface area contributed by atoms with Gasteiger partial charge in [-0.2, -0.15) is 5.26 Å². The third-order valence-corrected chi connectivity index (χ3v) is 5.98. The van der Waals surface area contributed by atoms with E-state index in [-0.39, 0.29) is 11.7 Å². The third kappa shape index (κ3) is 3.25. The number of para-hydroxylation sites is 1. The van der Waals surface area contributed by atoms with Gasteiger partial charge in [0.05, 0.1) is 17.3 Å². The molecule has 1 spiro atoms. The topological polar surface area (TPSA) is 71.7 Å². The maximum absolute atomic E-state index is 14.0. The molecule has 6 nitrogen and oxygen atoms in total. The van der Waals surface area contributed by atoms with E-state index in [2.05, 4.69) is 16.3 Å². The molecule has 2 heterocycles. The summed E-state index contributed by atoms with van der Waals surface area (Å²) in [5.74, 6) is -0.573. The van der Waals surface area contributed by atoms with Crippen LogP contribution in [0.4, 0.5) is 10.1 Å². The van der Waals surface area contributed by atoms with Crippen molar-refractivity contribution in [1.29, 1.82) is 5.26 Å². The van der Waals surface area contributed by atoms with Gasteiger partial charge in [-0.25, -0.2) is 9.38 Å². The van der Waals surface area contributed by atoms with Gasteiger partial charge in [0, 0.05) is 26.2 Å². The van der Waals surface area contributed by atoms with Crippen molar-refractivity contribution in [3.8, 4) is 6.07 Å². The molecule has 4 rings (SSSR count). The molecule has 1 saturated heterocycles. The van der Waals surface area contributed by atoms with Gasteiger partial charge in [0.2, 0.25) is 11.9 Å². The lowest BCUT2D eigenvalue weighted by molar-refractivity contribution is -0.125. The van der Waals surface area contributed by atoms with Crippen LogP contribution in [0, 0.1) is 23.1 Å². The van der Waals surface area contributed by atoms with Crippen LogP contribution in [0.3, 0.4) is 0 Å². The Hall–Kier alpha value is -2.62. The molecular formula is C20H24FN5O. The smallest absolute Gasteiger partial charge is 0.246 e. The van der Waals surface area contributed by atoms with Gasteiger partial charge in [-0.1, -0.05) is 31.4 Å². The Kier molecular flexibility index (Phi) is 4.73. The molecule has 0 aromatic heterocycles. The van der Waals surface area contributed by atoms with E-state index >= 15 is 0 Å². The Morgan fingerprint density at radius 1 is 1.11 bits per heavy atom. The zero-order valence-corrected chi connectivity index (χ0v) is 15.3. The van der Waals surface area contributed by atoms with Crippen molar-refractivity contribution in [3.05, 3.63) is 30.1 Å².